The predicted molar refractivity (Wildman–Crippen MR) is 50.5 cm³/mol. The number of alkyl halides is 2. The number of ether oxygens (including phenoxy) is 1. The molecule has 0 aliphatic carbocycles. The largest absolute Gasteiger partial charge is 0.494 e. The van der Waals surface area contributed by atoms with Crippen LogP contribution >= 0.6 is 0 Å². The topological polar surface area (TPSA) is 58.6 Å². The van der Waals surface area contributed by atoms with Crippen LogP contribution in [0.15, 0.2) is 30.5 Å². The maximum atomic E-state index is 12.6. The molecule has 4 nitrogen and oxygen atoms in total. The van der Waals surface area contributed by atoms with Gasteiger partial charge in [0, 0.05) is 11.8 Å². The van der Waals surface area contributed by atoms with Crippen LogP contribution < -0.4 is 5.32 Å². The van der Waals surface area contributed by atoms with Crippen LogP contribution in [0.1, 0.15) is 15.9 Å². The molecule has 1 aliphatic heterocycles. The molecular formula is C10H7F2NO3. The maximum absolute atomic E-state index is 12.6. The second-order valence-electron chi connectivity index (χ2n) is 3.16. The highest BCUT2D eigenvalue weighted by atomic mass is 19.3. The number of benzene rings is 1. The van der Waals surface area contributed by atoms with Crippen LogP contribution in [0.5, 0.6) is 0 Å². The van der Waals surface area contributed by atoms with Crippen molar-refractivity contribution in [3.63, 3.8) is 0 Å². The smallest absolute Gasteiger partial charge is 0.478 e. The van der Waals surface area contributed by atoms with Crippen LogP contribution in [0.4, 0.5) is 8.78 Å². The van der Waals surface area contributed by atoms with Gasteiger partial charge in [0.25, 0.3) is 0 Å². The van der Waals surface area contributed by atoms with E-state index < -0.39 is 12.2 Å². The van der Waals surface area contributed by atoms with Crippen LogP contribution in [-0.2, 0) is 4.74 Å². The van der Waals surface area contributed by atoms with Crippen molar-refractivity contribution in [3.8, 4) is 0 Å². The quantitative estimate of drug-likeness (QED) is 0.757. The van der Waals surface area contributed by atoms with Crippen molar-refractivity contribution in [1.29, 1.82) is 0 Å². The van der Waals surface area contributed by atoms with E-state index in [1.54, 1.807) is 5.32 Å². The Morgan fingerprint density at radius 2 is 2.19 bits per heavy atom. The van der Waals surface area contributed by atoms with E-state index in [2.05, 4.69) is 4.74 Å². The Labute approximate surface area is 89.1 Å². The van der Waals surface area contributed by atoms with Crippen LogP contribution in [0.2, 0.25) is 0 Å². The second-order valence-corrected chi connectivity index (χ2v) is 3.16. The first-order valence-electron chi connectivity index (χ1n) is 4.36. The third-order valence-electron chi connectivity index (χ3n) is 2.00. The number of rotatable bonds is 2. The minimum absolute atomic E-state index is 0.0113. The second kappa shape index (κ2) is 3.48. The molecule has 0 unspecified atom stereocenters. The van der Waals surface area contributed by atoms with E-state index in [4.69, 9.17) is 5.11 Å². The normalized spacial score (nSPS) is 17.2. The maximum Gasteiger partial charge on any atom is 0.494 e. The molecule has 0 amide bonds. The van der Waals surface area contributed by atoms with Crippen molar-refractivity contribution in [3.05, 3.63) is 41.6 Å². The molecule has 0 atom stereocenters. The van der Waals surface area contributed by atoms with Crippen molar-refractivity contribution < 1.29 is 23.4 Å². The van der Waals surface area contributed by atoms with Gasteiger partial charge in [-0.3, -0.25) is 5.32 Å². The van der Waals surface area contributed by atoms with Crippen molar-refractivity contribution in [2.24, 2.45) is 0 Å². The summed E-state index contributed by atoms with van der Waals surface area (Å²) in [6, 6.07) is 5.57. The molecule has 1 aromatic carbocycles. The summed E-state index contributed by atoms with van der Waals surface area (Å²) in [4.78, 5) is 10.7. The first-order valence-corrected chi connectivity index (χ1v) is 4.36. The summed E-state index contributed by atoms with van der Waals surface area (Å²) in [5.41, 5.74) is 0.293. The zero-order valence-corrected chi connectivity index (χ0v) is 7.91. The van der Waals surface area contributed by atoms with Crippen molar-refractivity contribution in [2.75, 3.05) is 0 Å². The summed E-state index contributed by atoms with van der Waals surface area (Å²) in [5.74, 6) is -1.21. The average molecular weight is 227 g/mol. The molecule has 0 saturated carbocycles. The molecule has 2 rings (SSSR count). The van der Waals surface area contributed by atoms with Gasteiger partial charge in [0.1, 0.15) is 0 Å². The summed E-state index contributed by atoms with van der Waals surface area (Å²) < 4.78 is 29.6. The molecule has 1 aliphatic rings. The van der Waals surface area contributed by atoms with Crippen molar-refractivity contribution in [2.45, 2.75) is 6.23 Å². The Kier molecular flexibility index (Phi) is 2.26. The van der Waals surface area contributed by atoms with Gasteiger partial charge in [-0.05, 0) is 12.1 Å². The minimum Gasteiger partial charge on any atom is -0.478 e. The lowest BCUT2D eigenvalue weighted by Crippen LogP contribution is -2.28. The van der Waals surface area contributed by atoms with E-state index in [9.17, 15) is 13.6 Å². The molecule has 84 valence electrons. The monoisotopic (exact) mass is 227 g/mol. The summed E-state index contributed by atoms with van der Waals surface area (Å²) in [6.45, 7) is 0. The average Bonchev–Trinajstić information content (AvgIpc) is 2.59. The Hall–Kier alpha value is -2.11. The molecule has 0 radical (unpaired) electrons. The number of hydrogen-bond acceptors (Lipinski definition) is 3. The van der Waals surface area contributed by atoms with Gasteiger partial charge in [-0.25, -0.2) is 4.79 Å². The SMILES string of the molecule is O=C(O)c1cccc(C2=CNC(F)(F)O2)c1. The summed E-state index contributed by atoms with van der Waals surface area (Å²) >= 11 is 0. The standard InChI is InChI=1S/C10H7F2NO3/c11-10(12)13-5-8(16-10)6-2-1-3-7(4-6)9(14)15/h1-5,13H,(H,14,15). The fourth-order valence-corrected chi connectivity index (χ4v) is 1.29. The molecule has 0 spiro atoms. The van der Waals surface area contributed by atoms with Crippen LogP contribution in [0, 0.1) is 0 Å². The molecule has 0 aromatic heterocycles. The van der Waals surface area contributed by atoms with E-state index in [0.717, 1.165) is 6.20 Å². The van der Waals surface area contributed by atoms with E-state index in [1.165, 1.54) is 24.3 Å². The molecular weight excluding hydrogens is 220 g/mol. The highest BCUT2D eigenvalue weighted by molar-refractivity contribution is 5.88. The van der Waals surface area contributed by atoms with Gasteiger partial charge in [0.15, 0.2) is 5.76 Å². The van der Waals surface area contributed by atoms with Gasteiger partial charge in [0.2, 0.25) is 0 Å². The number of carbonyl (C=O) groups is 1. The fraction of sp³-hybridized carbons (Fsp3) is 0.100. The van der Waals surface area contributed by atoms with E-state index in [0.29, 0.717) is 0 Å². The Balaban J connectivity index is 2.29. The third kappa shape index (κ3) is 1.95. The van der Waals surface area contributed by atoms with Gasteiger partial charge >= 0.3 is 12.2 Å². The van der Waals surface area contributed by atoms with Gasteiger partial charge < -0.3 is 9.84 Å². The Morgan fingerprint density at radius 1 is 1.44 bits per heavy atom. The lowest BCUT2D eigenvalue weighted by molar-refractivity contribution is -0.197. The van der Waals surface area contributed by atoms with Gasteiger partial charge in [-0.15, -0.1) is 8.78 Å². The number of nitrogens with one attached hydrogen (secondary N) is 1. The molecule has 1 heterocycles. The number of aromatic carboxylic acids is 1. The van der Waals surface area contributed by atoms with Crippen molar-refractivity contribution in [1.82, 2.24) is 5.32 Å². The van der Waals surface area contributed by atoms with Gasteiger partial charge in [-0.2, -0.15) is 0 Å². The van der Waals surface area contributed by atoms with Crippen LogP contribution in [-0.4, -0.2) is 17.3 Å². The number of carboxylic acids is 1. The number of carboxylic acid groups (broad SMARTS) is 1. The molecule has 16 heavy (non-hydrogen) atoms. The zero-order chi connectivity index (χ0) is 11.8. The first-order chi connectivity index (χ1) is 7.48. The van der Waals surface area contributed by atoms with E-state index in [1.807, 2.05) is 0 Å². The lowest BCUT2D eigenvalue weighted by Gasteiger charge is -2.10. The molecule has 0 fully saturated rings. The highest BCUT2D eigenvalue weighted by Gasteiger charge is 2.36. The van der Waals surface area contributed by atoms with E-state index in [-0.39, 0.29) is 16.9 Å². The number of halogens is 2. The summed E-state index contributed by atoms with van der Waals surface area (Å²) in [7, 11) is 0. The van der Waals surface area contributed by atoms with Crippen LogP contribution in [0.3, 0.4) is 0 Å². The summed E-state index contributed by atoms with van der Waals surface area (Å²) in [6.07, 6.45) is -2.43. The predicted octanol–water partition coefficient (Wildman–Crippen LogP) is 1.85. The molecule has 2 N–H and O–H groups in total. The molecule has 0 saturated heterocycles. The minimum atomic E-state index is -3.44. The summed E-state index contributed by atoms with van der Waals surface area (Å²) in [5, 5.41) is 10.5. The van der Waals surface area contributed by atoms with E-state index >= 15 is 0 Å². The highest BCUT2D eigenvalue weighted by Crippen LogP contribution is 2.29. The molecule has 0 bridgehead atoms. The Bertz CT molecular complexity index is 471. The first kappa shape index (κ1) is 10.4. The molecule has 6 heteroatoms. The van der Waals surface area contributed by atoms with Crippen molar-refractivity contribution >= 4 is 11.7 Å². The zero-order valence-electron chi connectivity index (χ0n) is 7.91. The lowest BCUT2D eigenvalue weighted by atomic mass is 10.1. The third-order valence-corrected chi connectivity index (χ3v) is 2.00. The van der Waals surface area contributed by atoms with Gasteiger partial charge in [-0.1, -0.05) is 12.1 Å². The van der Waals surface area contributed by atoms with Gasteiger partial charge in [0.05, 0.1) is 5.56 Å². The van der Waals surface area contributed by atoms with Crippen LogP contribution in [0.25, 0.3) is 5.76 Å². The fourth-order valence-electron chi connectivity index (χ4n) is 1.29. The molecule has 1 aromatic rings. The Morgan fingerprint density at radius 3 is 2.75 bits per heavy atom. The number of hydrogen-bond donors (Lipinski definition) is 2.